The van der Waals surface area contributed by atoms with Gasteiger partial charge in [0.1, 0.15) is 11.5 Å². The molecular formula is C13H14ClN3O2S. The number of nitrogens with zero attached hydrogens (tertiary/aromatic N) is 2. The van der Waals surface area contributed by atoms with E-state index >= 15 is 0 Å². The Hall–Kier alpha value is -1.53. The number of thioether (sulfide) groups is 1. The van der Waals surface area contributed by atoms with E-state index in [1.54, 1.807) is 0 Å². The fourth-order valence-electron chi connectivity index (χ4n) is 1.63. The summed E-state index contributed by atoms with van der Waals surface area (Å²) in [4.78, 5) is 20.3. The summed E-state index contributed by atoms with van der Waals surface area (Å²) in [5, 5.41) is 3.53. The Kier molecular flexibility index (Phi) is 4.67. The van der Waals surface area contributed by atoms with Crippen molar-refractivity contribution in [1.82, 2.24) is 15.3 Å². The van der Waals surface area contributed by atoms with Crippen LogP contribution < -0.4 is 5.32 Å². The van der Waals surface area contributed by atoms with E-state index in [4.69, 9.17) is 16.0 Å². The number of aromatic nitrogens is 2. The Balaban J connectivity index is 2.15. The van der Waals surface area contributed by atoms with Gasteiger partial charge >= 0.3 is 0 Å². The van der Waals surface area contributed by atoms with Crippen molar-refractivity contribution in [3.05, 3.63) is 40.6 Å². The monoisotopic (exact) mass is 311 g/mol. The quantitative estimate of drug-likeness (QED) is 0.693. The van der Waals surface area contributed by atoms with Gasteiger partial charge in [0.05, 0.1) is 17.3 Å². The van der Waals surface area contributed by atoms with Gasteiger partial charge in [-0.3, -0.25) is 4.79 Å². The highest BCUT2D eigenvalue weighted by molar-refractivity contribution is 7.98. The van der Waals surface area contributed by atoms with Crippen LogP contribution in [0.25, 0.3) is 0 Å². The van der Waals surface area contributed by atoms with Gasteiger partial charge in [0.25, 0.3) is 5.91 Å². The van der Waals surface area contributed by atoms with Crippen molar-refractivity contribution in [2.75, 3.05) is 6.26 Å². The predicted octanol–water partition coefficient (Wildman–Crippen LogP) is 3.24. The molecule has 106 valence electrons. The highest BCUT2D eigenvalue weighted by Gasteiger charge is 2.18. The first kappa shape index (κ1) is 14.9. The minimum absolute atomic E-state index is 0.168. The number of rotatable bonds is 4. The molecule has 1 amide bonds. The van der Waals surface area contributed by atoms with E-state index in [0.717, 1.165) is 5.76 Å². The molecule has 1 atom stereocenters. The van der Waals surface area contributed by atoms with Gasteiger partial charge in [0.2, 0.25) is 0 Å². The SMILES string of the molecule is CSc1ncc(Cl)c(C(=O)N[C@@H](C)c2ccc(C)o2)n1. The molecule has 7 heteroatoms. The molecule has 0 aromatic carbocycles. The maximum absolute atomic E-state index is 12.2. The molecule has 2 aromatic heterocycles. The van der Waals surface area contributed by atoms with E-state index in [-0.39, 0.29) is 22.7 Å². The van der Waals surface area contributed by atoms with Crippen molar-refractivity contribution in [2.24, 2.45) is 0 Å². The summed E-state index contributed by atoms with van der Waals surface area (Å²) in [6.45, 7) is 3.69. The second-order valence-corrected chi connectivity index (χ2v) is 5.38. The lowest BCUT2D eigenvalue weighted by molar-refractivity contribution is 0.0929. The van der Waals surface area contributed by atoms with Crippen LogP contribution in [0, 0.1) is 6.92 Å². The fourth-order valence-corrected chi connectivity index (χ4v) is 2.15. The second kappa shape index (κ2) is 6.28. The normalized spacial score (nSPS) is 12.2. The number of carbonyl (C=O) groups excluding carboxylic acids is 1. The van der Waals surface area contributed by atoms with Crippen LogP contribution in [0.15, 0.2) is 27.9 Å². The molecule has 0 bridgehead atoms. The highest BCUT2D eigenvalue weighted by Crippen LogP contribution is 2.19. The van der Waals surface area contributed by atoms with Crippen LogP contribution in [-0.2, 0) is 0 Å². The second-order valence-electron chi connectivity index (χ2n) is 4.20. The minimum atomic E-state index is -0.353. The van der Waals surface area contributed by atoms with Gasteiger partial charge in [-0.25, -0.2) is 9.97 Å². The molecular weight excluding hydrogens is 298 g/mol. The van der Waals surface area contributed by atoms with Gasteiger partial charge in [-0.2, -0.15) is 0 Å². The van der Waals surface area contributed by atoms with E-state index in [1.165, 1.54) is 18.0 Å². The molecule has 5 nitrogen and oxygen atoms in total. The fraction of sp³-hybridized carbons (Fsp3) is 0.308. The molecule has 0 unspecified atom stereocenters. The van der Waals surface area contributed by atoms with Gasteiger partial charge in [-0.15, -0.1) is 0 Å². The van der Waals surface area contributed by atoms with Crippen LogP contribution in [0.3, 0.4) is 0 Å². The van der Waals surface area contributed by atoms with Crippen molar-refractivity contribution in [1.29, 1.82) is 0 Å². The number of amides is 1. The number of furan rings is 1. The highest BCUT2D eigenvalue weighted by atomic mass is 35.5. The average Bonchev–Trinajstić information content (AvgIpc) is 2.86. The molecule has 20 heavy (non-hydrogen) atoms. The molecule has 0 saturated heterocycles. The van der Waals surface area contributed by atoms with Crippen molar-refractivity contribution in [3.63, 3.8) is 0 Å². The first-order valence-electron chi connectivity index (χ1n) is 5.95. The number of carbonyl (C=O) groups is 1. The third kappa shape index (κ3) is 3.32. The zero-order chi connectivity index (χ0) is 14.7. The van der Waals surface area contributed by atoms with Crippen molar-refractivity contribution >= 4 is 29.3 Å². The first-order chi connectivity index (χ1) is 9.51. The van der Waals surface area contributed by atoms with Crippen LogP contribution in [0.5, 0.6) is 0 Å². The maximum atomic E-state index is 12.2. The average molecular weight is 312 g/mol. The lowest BCUT2D eigenvalue weighted by Gasteiger charge is -2.12. The van der Waals surface area contributed by atoms with E-state index in [0.29, 0.717) is 10.9 Å². The number of hydrogen-bond donors (Lipinski definition) is 1. The Morgan fingerprint density at radius 1 is 1.50 bits per heavy atom. The van der Waals surface area contributed by atoms with Crippen molar-refractivity contribution in [3.8, 4) is 0 Å². The number of halogens is 1. The predicted molar refractivity (Wildman–Crippen MR) is 78.1 cm³/mol. The van der Waals surface area contributed by atoms with E-state index in [2.05, 4.69) is 15.3 Å². The Morgan fingerprint density at radius 2 is 2.25 bits per heavy atom. The lowest BCUT2D eigenvalue weighted by atomic mass is 10.2. The molecule has 0 aliphatic heterocycles. The van der Waals surface area contributed by atoms with E-state index in [9.17, 15) is 4.79 Å². The largest absolute Gasteiger partial charge is 0.464 e. The number of hydrogen-bond acceptors (Lipinski definition) is 5. The van der Waals surface area contributed by atoms with Gasteiger partial charge < -0.3 is 9.73 Å². The molecule has 2 heterocycles. The number of nitrogens with one attached hydrogen (secondary N) is 1. The summed E-state index contributed by atoms with van der Waals surface area (Å²) in [5.41, 5.74) is 0.168. The van der Waals surface area contributed by atoms with Crippen LogP contribution in [0.2, 0.25) is 5.02 Å². The zero-order valence-corrected chi connectivity index (χ0v) is 12.9. The molecule has 2 aromatic rings. The van der Waals surface area contributed by atoms with Gasteiger partial charge in [0.15, 0.2) is 10.9 Å². The molecule has 0 aliphatic carbocycles. The molecule has 2 rings (SSSR count). The summed E-state index contributed by atoms with van der Waals surface area (Å²) < 4.78 is 5.47. The van der Waals surface area contributed by atoms with Gasteiger partial charge in [-0.1, -0.05) is 23.4 Å². The third-order valence-electron chi connectivity index (χ3n) is 2.66. The molecule has 1 N–H and O–H groups in total. The Labute approximate surface area is 126 Å². The van der Waals surface area contributed by atoms with Crippen LogP contribution in [-0.4, -0.2) is 22.1 Å². The molecule has 0 saturated carbocycles. The van der Waals surface area contributed by atoms with Crippen molar-refractivity contribution in [2.45, 2.75) is 25.0 Å². The van der Waals surface area contributed by atoms with Crippen molar-refractivity contribution < 1.29 is 9.21 Å². The van der Waals surface area contributed by atoms with Gasteiger partial charge in [-0.05, 0) is 32.2 Å². The minimum Gasteiger partial charge on any atom is -0.464 e. The summed E-state index contributed by atoms with van der Waals surface area (Å²) in [7, 11) is 0. The zero-order valence-electron chi connectivity index (χ0n) is 11.3. The third-order valence-corrected chi connectivity index (χ3v) is 3.49. The lowest BCUT2D eigenvalue weighted by Crippen LogP contribution is -2.27. The molecule has 0 aliphatic rings. The maximum Gasteiger partial charge on any atom is 0.272 e. The smallest absolute Gasteiger partial charge is 0.272 e. The molecule has 0 spiro atoms. The van der Waals surface area contributed by atoms with Crippen LogP contribution in [0.4, 0.5) is 0 Å². The Morgan fingerprint density at radius 3 is 2.85 bits per heavy atom. The first-order valence-corrected chi connectivity index (χ1v) is 7.55. The summed E-state index contributed by atoms with van der Waals surface area (Å²) in [6, 6.07) is 3.41. The van der Waals surface area contributed by atoms with E-state index < -0.39 is 0 Å². The summed E-state index contributed by atoms with van der Waals surface area (Å²) in [5.74, 6) is 1.13. The van der Waals surface area contributed by atoms with Crippen LogP contribution >= 0.6 is 23.4 Å². The molecule has 0 fully saturated rings. The Bertz CT molecular complexity index is 630. The standard InChI is InChI=1S/C13H14ClN3O2S/c1-7-4-5-10(19-7)8(2)16-12(18)11-9(14)6-15-13(17-11)20-3/h4-6,8H,1-3H3,(H,16,18)/t8-/m0/s1. The topological polar surface area (TPSA) is 68.0 Å². The summed E-state index contributed by atoms with van der Waals surface area (Å²) in [6.07, 6.45) is 3.26. The van der Waals surface area contributed by atoms with E-state index in [1.807, 2.05) is 32.2 Å². The van der Waals surface area contributed by atoms with Crippen LogP contribution in [0.1, 0.15) is 35.0 Å². The number of aryl methyl sites for hydroxylation is 1. The molecule has 0 radical (unpaired) electrons. The summed E-state index contributed by atoms with van der Waals surface area (Å²) >= 11 is 7.31. The van der Waals surface area contributed by atoms with Gasteiger partial charge in [0, 0.05) is 0 Å².